The van der Waals surface area contributed by atoms with Crippen LogP contribution in [0.25, 0.3) is 0 Å². The molecule has 2 bridgehead atoms. The van der Waals surface area contributed by atoms with Gasteiger partial charge in [0.2, 0.25) is 0 Å². The molecule has 0 aromatic carbocycles. The van der Waals surface area contributed by atoms with Gasteiger partial charge in [-0.3, -0.25) is 0 Å². The zero-order chi connectivity index (χ0) is 12.8. The van der Waals surface area contributed by atoms with Crippen molar-refractivity contribution in [1.29, 1.82) is 0 Å². The van der Waals surface area contributed by atoms with Crippen molar-refractivity contribution >= 4 is 0 Å². The van der Waals surface area contributed by atoms with Crippen molar-refractivity contribution in [1.82, 2.24) is 5.32 Å². The molecule has 1 aliphatic heterocycles. The molecule has 0 amide bonds. The minimum absolute atomic E-state index is 0.499. The van der Waals surface area contributed by atoms with E-state index in [1.165, 1.54) is 38.6 Å². The van der Waals surface area contributed by atoms with Crippen LogP contribution in [0.2, 0.25) is 0 Å². The Labute approximate surface area is 112 Å². The Kier molecular flexibility index (Phi) is 3.22. The summed E-state index contributed by atoms with van der Waals surface area (Å²) in [5.74, 6) is 1.77. The lowest BCUT2D eigenvalue weighted by atomic mass is 9.68. The van der Waals surface area contributed by atoms with E-state index in [0.717, 1.165) is 31.1 Å². The second kappa shape index (κ2) is 4.49. The molecular formula is C16H29NO. The van der Waals surface area contributed by atoms with E-state index in [0.29, 0.717) is 10.8 Å². The number of hydrogen-bond acceptors (Lipinski definition) is 2. The molecule has 2 saturated carbocycles. The molecule has 4 atom stereocenters. The predicted molar refractivity (Wildman–Crippen MR) is 74.6 cm³/mol. The highest BCUT2D eigenvalue weighted by atomic mass is 16.5. The van der Waals surface area contributed by atoms with E-state index in [9.17, 15) is 0 Å². The summed E-state index contributed by atoms with van der Waals surface area (Å²) in [7, 11) is 0. The average molecular weight is 251 g/mol. The van der Waals surface area contributed by atoms with Gasteiger partial charge in [0.05, 0.1) is 0 Å². The van der Waals surface area contributed by atoms with Crippen LogP contribution in [0.1, 0.15) is 52.9 Å². The zero-order valence-corrected chi connectivity index (χ0v) is 12.3. The van der Waals surface area contributed by atoms with Crippen LogP contribution in [0, 0.1) is 22.7 Å². The molecule has 2 heteroatoms. The number of nitrogens with one attached hydrogen (secondary N) is 1. The van der Waals surface area contributed by atoms with E-state index >= 15 is 0 Å². The molecule has 18 heavy (non-hydrogen) atoms. The van der Waals surface area contributed by atoms with Crippen molar-refractivity contribution in [3.63, 3.8) is 0 Å². The SMILES string of the molecule is CC1(C)C(NCCC2CCOC2)[C@]2(C)CC[C@H]1C2. The van der Waals surface area contributed by atoms with Crippen molar-refractivity contribution in [2.24, 2.45) is 22.7 Å². The van der Waals surface area contributed by atoms with Crippen LogP contribution in [0.4, 0.5) is 0 Å². The van der Waals surface area contributed by atoms with Gasteiger partial charge in [-0.1, -0.05) is 20.8 Å². The molecule has 0 aromatic heterocycles. The second-order valence-corrected chi connectivity index (χ2v) is 7.82. The largest absolute Gasteiger partial charge is 0.381 e. The first-order valence-corrected chi connectivity index (χ1v) is 7.83. The molecule has 3 fully saturated rings. The summed E-state index contributed by atoms with van der Waals surface area (Å²) in [6, 6.07) is 0.728. The highest BCUT2D eigenvalue weighted by Gasteiger charge is 2.58. The van der Waals surface area contributed by atoms with Gasteiger partial charge in [-0.25, -0.2) is 0 Å². The van der Waals surface area contributed by atoms with Crippen LogP contribution < -0.4 is 5.32 Å². The topological polar surface area (TPSA) is 21.3 Å². The van der Waals surface area contributed by atoms with Gasteiger partial charge in [0.1, 0.15) is 0 Å². The van der Waals surface area contributed by atoms with Crippen molar-refractivity contribution in [3.8, 4) is 0 Å². The predicted octanol–water partition coefficient (Wildman–Crippen LogP) is 3.22. The summed E-state index contributed by atoms with van der Waals surface area (Å²) >= 11 is 0. The lowest BCUT2D eigenvalue weighted by molar-refractivity contribution is 0.107. The van der Waals surface area contributed by atoms with Gasteiger partial charge in [-0.05, 0) is 61.3 Å². The molecule has 1 saturated heterocycles. The molecule has 2 aliphatic carbocycles. The van der Waals surface area contributed by atoms with E-state index in [1.54, 1.807) is 0 Å². The van der Waals surface area contributed by atoms with E-state index < -0.39 is 0 Å². The molecule has 2 unspecified atom stereocenters. The molecule has 1 N–H and O–H groups in total. The highest BCUT2D eigenvalue weighted by Crippen LogP contribution is 2.62. The maximum atomic E-state index is 5.46. The molecule has 104 valence electrons. The molecule has 0 aromatic rings. The van der Waals surface area contributed by atoms with Gasteiger partial charge in [-0.2, -0.15) is 0 Å². The number of hydrogen-bond donors (Lipinski definition) is 1. The fraction of sp³-hybridized carbons (Fsp3) is 1.00. The Morgan fingerprint density at radius 3 is 2.67 bits per heavy atom. The normalized spacial score (nSPS) is 45.8. The fourth-order valence-electron chi connectivity index (χ4n) is 5.05. The van der Waals surface area contributed by atoms with Crippen LogP contribution in [0.3, 0.4) is 0 Å². The van der Waals surface area contributed by atoms with E-state index in [2.05, 4.69) is 26.1 Å². The van der Waals surface area contributed by atoms with E-state index in [4.69, 9.17) is 4.74 Å². The van der Waals surface area contributed by atoms with Crippen molar-refractivity contribution in [2.45, 2.75) is 58.9 Å². The maximum absolute atomic E-state index is 5.46. The molecule has 0 spiro atoms. The summed E-state index contributed by atoms with van der Waals surface area (Å²) in [5, 5.41) is 3.92. The van der Waals surface area contributed by atoms with Crippen molar-refractivity contribution < 1.29 is 4.74 Å². The number of rotatable bonds is 4. The summed E-state index contributed by atoms with van der Waals surface area (Å²) in [4.78, 5) is 0. The summed E-state index contributed by atoms with van der Waals surface area (Å²) in [6.07, 6.45) is 6.91. The summed E-state index contributed by atoms with van der Waals surface area (Å²) in [6.45, 7) is 10.6. The minimum atomic E-state index is 0.499. The third kappa shape index (κ3) is 2.02. The third-order valence-corrected chi connectivity index (χ3v) is 6.19. The van der Waals surface area contributed by atoms with Crippen LogP contribution in [-0.4, -0.2) is 25.8 Å². The molecular weight excluding hydrogens is 222 g/mol. The molecule has 3 rings (SSSR count). The van der Waals surface area contributed by atoms with Gasteiger partial charge in [0.25, 0.3) is 0 Å². The molecule has 1 heterocycles. The van der Waals surface area contributed by atoms with Crippen LogP contribution in [-0.2, 0) is 4.74 Å². The smallest absolute Gasteiger partial charge is 0.0495 e. The molecule has 3 aliphatic rings. The minimum Gasteiger partial charge on any atom is -0.381 e. The monoisotopic (exact) mass is 251 g/mol. The lowest BCUT2D eigenvalue weighted by Gasteiger charge is -2.43. The summed E-state index contributed by atoms with van der Waals surface area (Å²) < 4.78 is 5.46. The first-order chi connectivity index (χ1) is 8.52. The maximum Gasteiger partial charge on any atom is 0.0495 e. The van der Waals surface area contributed by atoms with Gasteiger partial charge < -0.3 is 10.1 Å². The first kappa shape index (κ1) is 12.9. The van der Waals surface area contributed by atoms with Gasteiger partial charge in [0, 0.05) is 19.3 Å². The molecule has 0 radical (unpaired) electrons. The highest BCUT2D eigenvalue weighted by molar-refractivity contribution is 5.11. The zero-order valence-electron chi connectivity index (χ0n) is 12.3. The summed E-state index contributed by atoms with van der Waals surface area (Å²) in [5.41, 5.74) is 1.07. The quantitative estimate of drug-likeness (QED) is 0.828. The third-order valence-electron chi connectivity index (χ3n) is 6.19. The van der Waals surface area contributed by atoms with Crippen LogP contribution >= 0.6 is 0 Å². The van der Waals surface area contributed by atoms with Crippen molar-refractivity contribution in [3.05, 3.63) is 0 Å². The van der Waals surface area contributed by atoms with Crippen molar-refractivity contribution in [2.75, 3.05) is 19.8 Å². The fourth-order valence-corrected chi connectivity index (χ4v) is 5.05. The second-order valence-electron chi connectivity index (χ2n) is 7.82. The Morgan fingerprint density at radius 2 is 2.06 bits per heavy atom. The van der Waals surface area contributed by atoms with Gasteiger partial charge in [0.15, 0.2) is 0 Å². The Balaban J connectivity index is 1.55. The lowest BCUT2D eigenvalue weighted by Crippen LogP contribution is -2.50. The first-order valence-electron chi connectivity index (χ1n) is 7.83. The standard InChI is InChI=1S/C16H29NO/c1-15(2)13-4-7-16(3,10-13)14(15)17-8-5-12-6-9-18-11-12/h12-14,17H,4-11H2,1-3H3/t12?,13-,14?,16+/m0/s1. The number of fused-ring (bicyclic) bond motifs is 2. The van der Waals surface area contributed by atoms with Gasteiger partial charge in [-0.15, -0.1) is 0 Å². The average Bonchev–Trinajstić information content (AvgIpc) is 2.96. The number of ether oxygens (including phenoxy) is 1. The Morgan fingerprint density at radius 1 is 1.22 bits per heavy atom. The van der Waals surface area contributed by atoms with E-state index in [-0.39, 0.29) is 0 Å². The van der Waals surface area contributed by atoms with Gasteiger partial charge >= 0.3 is 0 Å². The Bertz CT molecular complexity index is 303. The molecule has 2 nitrogen and oxygen atoms in total. The van der Waals surface area contributed by atoms with Crippen LogP contribution in [0.15, 0.2) is 0 Å². The van der Waals surface area contributed by atoms with Crippen LogP contribution in [0.5, 0.6) is 0 Å². The Hall–Kier alpha value is -0.0800. The van der Waals surface area contributed by atoms with E-state index in [1.807, 2.05) is 0 Å².